The molecule has 0 aliphatic carbocycles. The van der Waals surface area contributed by atoms with E-state index in [4.69, 9.17) is 4.98 Å². The number of hydrogen-bond donors (Lipinski definition) is 3. The number of hydrogen-bond acceptors (Lipinski definition) is 7. The van der Waals surface area contributed by atoms with Crippen LogP contribution in [0.2, 0.25) is 0 Å². The SMILES string of the molecule is CCNCc1cncc(-c2ncc3n[nH]c(-c4nc5c(-c6ccncc6)cncc5[nH]4)c3c2F)c1. The Morgan fingerprint density at radius 1 is 0.971 bits per heavy atom. The normalized spacial score (nSPS) is 11.5. The lowest BCUT2D eigenvalue weighted by molar-refractivity contribution is 0.638. The van der Waals surface area contributed by atoms with Crippen LogP contribution in [0.4, 0.5) is 4.39 Å². The van der Waals surface area contributed by atoms with E-state index >= 15 is 4.39 Å². The molecule has 6 aromatic rings. The summed E-state index contributed by atoms with van der Waals surface area (Å²) < 4.78 is 15.9. The molecule has 0 aromatic carbocycles. The molecular formula is C25H20FN9. The van der Waals surface area contributed by atoms with Crippen LogP contribution < -0.4 is 5.32 Å². The van der Waals surface area contributed by atoms with Crippen LogP contribution in [0.5, 0.6) is 0 Å². The second-order valence-electron chi connectivity index (χ2n) is 8.05. The Morgan fingerprint density at radius 2 is 1.83 bits per heavy atom. The number of aromatic amines is 2. The molecular weight excluding hydrogens is 445 g/mol. The van der Waals surface area contributed by atoms with Gasteiger partial charge in [-0.3, -0.25) is 25.0 Å². The van der Waals surface area contributed by atoms with Crippen molar-refractivity contribution in [2.75, 3.05) is 6.54 Å². The van der Waals surface area contributed by atoms with Crippen LogP contribution in [0.1, 0.15) is 12.5 Å². The second-order valence-corrected chi connectivity index (χ2v) is 8.05. The molecule has 172 valence electrons. The number of aromatic nitrogens is 8. The highest BCUT2D eigenvalue weighted by Gasteiger charge is 2.21. The van der Waals surface area contributed by atoms with E-state index < -0.39 is 5.82 Å². The molecule has 0 radical (unpaired) electrons. The van der Waals surface area contributed by atoms with Gasteiger partial charge in [-0.1, -0.05) is 6.92 Å². The van der Waals surface area contributed by atoms with Gasteiger partial charge in [0.25, 0.3) is 0 Å². The summed E-state index contributed by atoms with van der Waals surface area (Å²) in [4.78, 5) is 25.0. The first-order valence-electron chi connectivity index (χ1n) is 11.1. The lowest BCUT2D eigenvalue weighted by Gasteiger charge is -2.07. The predicted molar refractivity (Wildman–Crippen MR) is 131 cm³/mol. The summed E-state index contributed by atoms with van der Waals surface area (Å²) in [5.74, 6) is -0.0255. The van der Waals surface area contributed by atoms with Crippen molar-refractivity contribution in [1.29, 1.82) is 0 Å². The zero-order valence-corrected chi connectivity index (χ0v) is 18.7. The maximum atomic E-state index is 15.9. The quantitative estimate of drug-likeness (QED) is 0.336. The predicted octanol–water partition coefficient (Wildman–Crippen LogP) is 4.27. The highest BCUT2D eigenvalue weighted by atomic mass is 19.1. The van der Waals surface area contributed by atoms with Crippen molar-refractivity contribution < 1.29 is 4.39 Å². The molecule has 0 bridgehead atoms. The largest absolute Gasteiger partial charge is 0.335 e. The van der Waals surface area contributed by atoms with Gasteiger partial charge in [-0.05, 0) is 35.9 Å². The third kappa shape index (κ3) is 3.69. The number of nitrogens with one attached hydrogen (secondary N) is 3. The molecule has 0 atom stereocenters. The molecule has 6 rings (SSSR count). The van der Waals surface area contributed by atoms with Crippen molar-refractivity contribution in [3.05, 3.63) is 73.0 Å². The van der Waals surface area contributed by atoms with E-state index in [1.165, 1.54) is 0 Å². The van der Waals surface area contributed by atoms with Crippen LogP contribution in [0.15, 0.2) is 61.6 Å². The number of fused-ring (bicyclic) bond motifs is 2. The van der Waals surface area contributed by atoms with Crippen LogP contribution in [0.25, 0.3) is 55.8 Å². The molecule has 3 N–H and O–H groups in total. The topological polar surface area (TPSA) is 121 Å². The molecule has 0 amide bonds. The van der Waals surface area contributed by atoms with Gasteiger partial charge in [0.1, 0.15) is 16.9 Å². The van der Waals surface area contributed by atoms with Gasteiger partial charge < -0.3 is 10.3 Å². The van der Waals surface area contributed by atoms with Gasteiger partial charge in [-0.2, -0.15) is 5.10 Å². The highest BCUT2D eigenvalue weighted by Crippen LogP contribution is 2.34. The van der Waals surface area contributed by atoms with Gasteiger partial charge in [0, 0.05) is 48.7 Å². The van der Waals surface area contributed by atoms with Crippen LogP contribution in [-0.4, -0.2) is 46.6 Å². The molecule has 0 aliphatic rings. The van der Waals surface area contributed by atoms with Crippen molar-refractivity contribution in [2.24, 2.45) is 0 Å². The lowest BCUT2D eigenvalue weighted by atomic mass is 10.1. The van der Waals surface area contributed by atoms with Crippen molar-refractivity contribution in [3.63, 3.8) is 0 Å². The van der Waals surface area contributed by atoms with Crippen molar-refractivity contribution >= 4 is 21.9 Å². The van der Waals surface area contributed by atoms with E-state index in [2.05, 4.69) is 40.4 Å². The van der Waals surface area contributed by atoms with Crippen molar-refractivity contribution in [3.8, 4) is 33.9 Å². The zero-order chi connectivity index (χ0) is 23.8. The molecule has 0 spiro atoms. The van der Waals surface area contributed by atoms with Crippen LogP contribution in [0, 0.1) is 5.82 Å². The monoisotopic (exact) mass is 465 g/mol. The van der Waals surface area contributed by atoms with E-state index in [0.29, 0.717) is 34.5 Å². The standard InChI is InChI=1S/C25H20FN9/c1-2-27-8-14-7-16(10-29-9-14)22-21(26)20-18(13-31-22)34-35-24(20)25-32-19-12-30-11-17(23(19)33-25)15-3-5-28-6-4-15/h3-7,9-13,27H,2,8H2,1H3,(H,32,33)(H,34,35). The van der Waals surface area contributed by atoms with Crippen molar-refractivity contribution in [2.45, 2.75) is 13.5 Å². The molecule has 6 heterocycles. The maximum Gasteiger partial charge on any atom is 0.161 e. The molecule has 0 fully saturated rings. The van der Waals surface area contributed by atoms with Crippen LogP contribution >= 0.6 is 0 Å². The lowest BCUT2D eigenvalue weighted by Crippen LogP contribution is -2.11. The fraction of sp³-hybridized carbons (Fsp3) is 0.120. The number of halogens is 1. The summed E-state index contributed by atoms with van der Waals surface area (Å²) in [7, 11) is 0. The Kier molecular flexibility index (Phi) is 5.19. The summed E-state index contributed by atoms with van der Waals surface area (Å²) in [6, 6.07) is 5.68. The molecule has 9 nitrogen and oxygen atoms in total. The number of rotatable bonds is 6. The minimum absolute atomic E-state index is 0.209. The molecule has 0 unspecified atom stereocenters. The van der Waals surface area contributed by atoms with E-state index in [0.717, 1.165) is 34.3 Å². The number of H-pyrrole nitrogens is 2. The van der Waals surface area contributed by atoms with Crippen molar-refractivity contribution in [1.82, 2.24) is 45.4 Å². The first kappa shape index (κ1) is 21.0. The Labute approximate surface area is 198 Å². The molecule has 0 saturated carbocycles. The minimum atomic E-state index is -0.485. The summed E-state index contributed by atoms with van der Waals surface area (Å²) in [5.41, 5.74) is 5.84. The average Bonchev–Trinajstić information content (AvgIpc) is 3.53. The van der Waals surface area contributed by atoms with Gasteiger partial charge in [-0.25, -0.2) is 9.37 Å². The Bertz CT molecular complexity index is 1660. The minimum Gasteiger partial charge on any atom is -0.335 e. The summed E-state index contributed by atoms with van der Waals surface area (Å²) in [6.45, 7) is 3.50. The molecule has 0 aliphatic heterocycles. The zero-order valence-electron chi connectivity index (χ0n) is 18.7. The third-order valence-electron chi connectivity index (χ3n) is 5.81. The Hall–Kier alpha value is -4.57. The average molecular weight is 465 g/mol. The molecule has 10 heteroatoms. The smallest absolute Gasteiger partial charge is 0.161 e. The van der Waals surface area contributed by atoms with Gasteiger partial charge in [0.15, 0.2) is 11.6 Å². The van der Waals surface area contributed by atoms with Gasteiger partial charge >= 0.3 is 0 Å². The van der Waals surface area contributed by atoms with E-state index in [1.54, 1.807) is 43.4 Å². The van der Waals surface area contributed by atoms with Crippen LogP contribution in [0.3, 0.4) is 0 Å². The van der Waals surface area contributed by atoms with E-state index in [1.807, 2.05) is 25.1 Å². The maximum absolute atomic E-state index is 15.9. The molecule has 6 aromatic heterocycles. The van der Waals surface area contributed by atoms with Gasteiger partial charge in [0.2, 0.25) is 0 Å². The number of imidazole rings is 1. The van der Waals surface area contributed by atoms with Gasteiger partial charge in [0.05, 0.1) is 28.8 Å². The summed E-state index contributed by atoms with van der Waals surface area (Å²) in [5, 5.41) is 10.8. The second kappa shape index (κ2) is 8.65. The van der Waals surface area contributed by atoms with E-state index in [-0.39, 0.29) is 5.69 Å². The molecule has 35 heavy (non-hydrogen) atoms. The first-order chi connectivity index (χ1) is 17.2. The third-order valence-corrected chi connectivity index (χ3v) is 5.81. The molecule has 0 saturated heterocycles. The van der Waals surface area contributed by atoms with E-state index in [9.17, 15) is 0 Å². The fourth-order valence-corrected chi connectivity index (χ4v) is 4.12. The Balaban J connectivity index is 1.48. The van der Waals surface area contributed by atoms with Gasteiger partial charge in [-0.15, -0.1) is 0 Å². The first-order valence-corrected chi connectivity index (χ1v) is 11.1. The Morgan fingerprint density at radius 3 is 2.69 bits per heavy atom. The highest BCUT2D eigenvalue weighted by molar-refractivity contribution is 5.97. The van der Waals surface area contributed by atoms with Crippen LogP contribution in [-0.2, 0) is 6.54 Å². The number of nitrogens with zero attached hydrogens (tertiary/aromatic N) is 6. The summed E-state index contributed by atoms with van der Waals surface area (Å²) >= 11 is 0. The fourth-order valence-electron chi connectivity index (χ4n) is 4.12. The number of pyridine rings is 4. The summed E-state index contributed by atoms with van der Waals surface area (Å²) in [6.07, 6.45) is 11.8.